The summed E-state index contributed by atoms with van der Waals surface area (Å²) in [6.45, 7) is 4.45. The molecule has 0 atom stereocenters. The minimum atomic E-state index is -0.720. The third kappa shape index (κ3) is 5.10. The SMILES string of the molecule is O=C(C=Cc1cccs1)N(CCCN1CCOCC1)c1nc2c(F)cc(F)cc2s1. The van der Waals surface area contributed by atoms with E-state index in [1.54, 1.807) is 11.0 Å². The number of hydrogen-bond acceptors (Lipinski definition) is 6. The summed E-state index contributed by atoms with van der Waals surface area (Å²) in [6, 6.07) is 5.90. The Morgan fingerprint density at radius 3 is 2.90 bits per heavy atom. The van der Waals surface area contributed by atoms with Crippen molar-refractivity contribution >= 4 is 50.0 Å². The first-order chi connectivity index (χ1) is 14.6. The molecule has 1 aliphatic heterocycles. The highest BCUT2D eigenvalue weighted by atomic mass is 32.1. The van der Waals surface area contributed by atoms with Gasteiger partial charge in [-0.15, -0.1) is 11.3 Å². The number of thiophene rings is 1. The van der Waals surface area contributed by atoms with Gasteiger partial charge in [0.1, 0.15) is 11.3 Å². The van der Waals surface area contributed by atoms with Gasteiger partial charge in [0, 0.05) is 43.2 Å². The molecule has 158 valence electrons. The molecule has 0 spiro atoms. The molecule has 0 radical (unpaired) electrons. The van der Waals surface area contributed by atoms with Crippen molar-refractivity contribution in [1.29, 1.82) is 0 Å². The monoisotopic (exact) mass is 449 g/mol. The first kappa shape index (κ1) is 21.0. The number of carbonyl (C=O) groups is 1. The van der Waals surface area contributed by atoms with E-state index >= 15 is 0 Å². The Kier molecular flexibility index (Phi) is 6.83. The predicted molar refractivity (Wildman–Crippen MR) is 117 cm³/mol. The van der Waals surface area contributed by atoms with Gasteiger partial charge in [-0.05, 0) is 30.0 Å². The lowest BCUT2D eigenvalue weighted by molar-refractivity contribution is -0.114. The molecular weight excluding hydrogens is 428 g/mol. The van der Waals surface area contributed by atoms with Crippen LogP contribution in [0.5, 0.6) is 0 Å². The fraction of sp³-hybridized carbons (Fsp3) is 0.333. The van der Waals surface area contributed by atoms with Gasteiger partial charge < -0.3 is 4.74 Å². The van der Waals surface area contributed by atoms with Gasteiger partial charge in [0.15, 0.2) is 10.9 Å². The van der Waals surface area contributed by atoms with E-state index in [-0.39, 0.29) is 11.4 Å². The predicted octanol–water partition coefficient (Wildman–Crippen LogP) is 4.40. The summed E-state index contributed by atoms with van der Waals surface area (Å²) in [6.07, 6.45) is 4.00. The van der Waals surface area contributed by atoms with E-state index in [1.807, 2.05) is 17.5 Å². The number of amides is 1. The largest absolute Gasteiger partial charge is 0.379 e. The Labute approximate surface area is 181 Å². The van der Waals surface area contributed by atoms with Crippen LogP contribution in [0.4, 0.5) is 13.9 Å². The summed E-state index contributed by atoms with van der Waals surface area (Å²) in [4.78, 5) is 22.1. The number of nitrogens with zero attached hydrogens (tertiary/aromatic N) is 3. The summed E-state index contributed by atoms with van der Waals surface area (Å²) in [5, 5.41) is 2.31. The molecule has 1 aromatic carbocycles. The summed E-state index contributed by atoms with van der Waals surface area (Å²) < 4.78 is 33.5. The lowest BCUT2D eigenvalue weighted by Gasteiger charge is -2.27. The van der Waals surface area contributed by atoms with Crippen LogP contribution >= 0.6 is 22.7 Å². The van der Waals surface area contributed by atoms with Gasteiger partial charge in [0.05, 0.1) is 17.9 Å². The van der Waals surface area contributed by atoms with E-state index in [2.05, 4.69) is 9.88 Å². The van der Waals surface area contributed by atoms with Crippen molar-refractivity contribution in [2.24, 2.45) is 0 Å². The maximum atomic E-state index is 14.1. The molecule has 1 aliphatic rings. The number of halogens is 2. The van der Waals surface area contributed by atoms with Gasteiger partial charge in [-0.3, -0.25) is 14.6 Å². The topological polar surface area (TPSA) is 45.7 Å². The molecule has 0 aliphatic carbocycles. The Hall–Kier alpha value is -2.20. The Morgan fingerprint density at radius 2 is 2.13 bits per heavy atom. The van der Waals surface area contributed by atoms with Crippen LogP contribution in [0.2, 0.25) is 0 Å². The number of ether oxygens (including phenoxy) is 1. The number of hydrogen-bond donors (Lipinski definition) is 0. The smallest absolute Gasteiger partial charge is 0.252 e. The molecule has 9 heteroatoms. The molecule has 0 unspecified atom stereocenters. The molecule has 4 rings (SSSR count). The first-order valence-electron chi connectivity index (χ1n) is 9.69. The molecule has 5 nitrogen and oxygen atoms in total. The van der Waals surface area contributed by atoms with Gasteiger partial charge in [-0.25, -0.2) is 13.8 Å². The van der Waals surface area contributed by atoms with Gasteiger partial charge in [-0.2, -0.15) is 0 Å². The third-order valence-electron chi connectivity index (χ3n) is 4.79. The number of fused-ring (bicyclic) bond motifs is 1. The van der Waals surface area contributed by atoms with E-state index in [4.69, 9.17) is 4.74 Å². The van der Waals surface area contributed by atoms with Crippen molar-refractivity contribution in [1.82, 2.24) is 9.88 Å². The van der Waals surface area contributed by atoms with Crippen LogP contribution in [0.1, 0.15) is 11.3 Å². The Bertz CT molecular complexity index is 1030. The molecule has 30 heavy (non-hydrogen) atoms. The number of benzene rings is 1. The highest BCUT2D eigenvalue weighted by molar-refractivity contribution is 7.22. The minimum Gasteiger partial charge on any atom is -0.379 e. The van der Waals surface area contributed by atoms with Gasteiger partial charge in [0.2, 0.25) is 0 Å². The molecule has 0 saturated carbocycles. The minimum absolute atomic E-state index is 0.0876. The summed E-state index contributed by atoms with van der Waals surface area (Å²) in [7, 11) is 0. The summed E-state index contributed by atoms with van der Waals surface area (Å²) in [5.41, 5.74) is 0.0876. The van der Waals surface area contributed by atoms with E-state index in [0.29, 0.717) is 16.4 Å². The van der Waals surface area contributed by atoms with Gasteiger partial charge in [0.25, 0.3) is 5.91 Å². The lowest BCUT2D eigenvalue weighted by Crippen LogP contribution is -2.39. The number of carbonyl (C=O) groups excluding carboxylic acids is 1. The van der Waals surface area contributed by atoms with Crippen molar-refractivity contribution in [3.63, 3.8) is 0 Å². The van der Waals surface area contributed by atoms with Crippen LogP contribution in [-0.4, -0.2) is 55.2 Å². The van der Waals surface area contributed by atoms with E-state index < -0.39 is 11.6 Å². The normalized spacial score (nSPS) is 15.3. The second kappa shape index (κ2) is 9.74. The zero-order valence-corrected chi connectivity index (χ0v) is 17.9. The van der Waals surface area contributed by atoms with Crippen molar-refractivity contribution in [2.45, 2.75) is 6.42 Å². The molecule has 0 N–H and O–H groups in total. The van der Waals surface area contributed by atoms with E-state index in [9.17, 15) is 13.6 Å². The van der Waals surface area contributed by atoms with Crippen molar-refractivity contribution in [2.75, 3.05) is 44.3 Å². The third-order valence-corrected chi connectivity index (χ3v) is 6.65. The van der Waals surface area contributed by atoms with Crippen LogP contribution in [0, 0.1) is 11.6 Å². The fourth-order valence-corrected chi connectivity index (χ4v) is 4.92. The molecule has 3 aromatic rings. The van der Waals surface area contributed by atoms with E-state index in [1.165, 1.54) is 23.5 Å². The highest BCUT2D eigenvalue weighted by Gasteiger charge is 2.20. The number of anilines is 1. The maximum Gasteiger partial charge on any atom is 0.252 e. The molecular formula is C21H21F2N3O2S2. The maximum absolute atomic E-state index is 14.1. The standard InChI is InChI=1S/C21H21F2N3O2S2/c22-15-13-17(23)20-18(14-15)30-21(24-20)26(7-2-6-25-8-10-28-11-9-25)19(27)5-4-16-3-1-12-29-16/h1,3-5,12-14H,2,6-11H2. The molecule has 3 heterocycles. The van der Waals surface area contributed by atoms with Crippen LogP contribution in [0.3, 0.4) is 0 Å². The molecule has 1 fully saturated rings. The number of rotatable bonds is 7. The molecule has 1 amide bonds. The van der Waals surface area contributed by atoms with Crippen LogP contribution in [-0.2, 0) is 9.53 Å². The van der Waals surface area contributed by atoms with Gasteiger partial charge in [-0.1, -0.05) is 17.4 Å². The second-order valence-corrected chi connectivity index (χ2v) is 8.87. The highest BCUT2D eigenvalue weighted by Crippen LogP contribution is 2.31. The van der Waals surface area contributed by atoms with Crippen molar-refractivity contribution in [3.05, 3.63) is 52.2 Å². The molecule has 0 bridgehead atoms. The number of aromatic nitrogens is 1. The average molecular weight is 450 g/mol. The van der Waals surface area contributed by atoms with Crippen LogP contribution in [0.15, 0.2) is 35.7 Å². The molecule has 1 saturated heterocycles. The summed E-state index contributed by atoms with van der Waals surface area (Å²) in [5.74, 6) is -1.61. The zero-order valence-electron chi connectivity index (χ0n) is 16.2. The second-order valence-electron chi connectivity index (χ2n) is 6.88. The van der Waals surface area contributed by atoms with Gasteiger partial charge >= 0.3 is 0 Å². The lowest BCUT2D eigenvalue weighted by atomic mass is 10.3. The number of thiazole rings is 1. The zero-order chi connectivity index (χ0) is 20.9. The Balaban J connectivity index is 1.54. The van der Waals surface area contributed by atoms with E-state index in [0.717, 1.165) is 61.5 Å². The quantitative estimate of drug-likeness (QED) is 0.502. The Morgan fingerprint density at radius 1 is 1.30 bits per heavy atom. The van der Waals surface area contributed by atoms with Crippen LogP contribution in [0.25, 0.3) is 16.3 Å². The van der Waals surface area contributed by atoms with Crippen LogP contribution < -0.4 is 4.90 Å². The average Bonchev–Trinajstić information content (AvgIpc) is 3.40. The first-order valence-corrected chi connectivity index (χ1v) is 11.4. The van der Waals surface area contributed by atoms with Crippen molar-refractivity contribution < 1.29 is 18.3 Å². The summed E-state index contributed by atoms with van der Waals surface area (Å²) >= 11 is 2.66. The van der Waals surface area contributed by atoms with Crippen molar-refractivity contribution in [3.8, 4) is 0 Å². The molecule has 2 aromatic heterocycles. The fourth-order valence-electron chi connectivity index (χ4n) is 3.27. The number of morpholine rings is 1.